The van der Waals surface area contributed by atoms with E-state index in [2.05, 4.69) is 10.2 Å². The standard InChI is InChI=1S/C18H22N2O5S2/c1-3-15(17(21)13-4-6-14(24-2)7-5-13)26-18-20-19-16(25-18)10-12-8-9-27(22,23)11-12/h4-7,12,15H,3,8-11H2,1-2H3. The fourth-order valence-corrected chi connectivity index (χ4v) is 5.78. The molecule has 0 radical (unpaired) electrons. The van der Waals surface area contributed by atoms with Crippen LogP contribution in [0.5, 0.6) is 5.75 Å². The fraction of sp³-hybridized carbons (Fsp3) is 0.500. The molecule has 2 heterocycles. The molecule has 1 aliphatic heterocycles. The number of methoxy groups -OCH3 is 1. The van der Waals surface area contributed by atoms with Gasteiger partial charge in [-0.1, -0.05) is 18.7 Å². The molecule has 0 aliphatic carbocycles. The molecule has 1 aromatic heterocycles. The summed E-state index contributed by atoms with van der Waals surface area (Å²) in [5, 5.41) is 8.02. The molecule has 146 valence electrons. The summed E-state index contributed by atoms with van der Waals surface area (Å²) in [6.45, 7) is 1.93. The van der Waals surface area contributed by atoms with E-state index in [9.17, 15) is 13.2 Å². The zero-order valence-corrected chi connectivity index (χ0v) is 16.9. The quantitative estimate of drug-likeness (QED) is 0.484. The van der Waals surface area contributed by atoms with Gasteiger partial charge in [0.25, 0.3) is 5.22 Å². The fourth-order valence-electron chi connectivity index (χ4n) is 3.03. The molecule has 3 rings (SSSR count). The molecule has 0 saturated carbocycles. The minimum absolute atomic E-state index is 0.00760. The second-order valence-corrected chi connectivity index (χ2v) is 9.93. The summed E-state index contributed by atoms with van der Waals surface area (Å²) in [7, 11) is -1.35. The second kappa shape index (κ2) is 8.43. The minimum atomic E-state index is -2.93. The lowest BCUT2D eigenvalue weighted by Crippen LogP contribution is -2.16. The Morgan fingerprint density at radius 3 is 2.67 bits per heavy atom. The summed E-state index contributed by atoms with van der Waals surface area (Å²) in [5.74, 6) is 1.53. The van der Waals surface area contributed by atoms with Crippen molar-refractivity contribution in [2.45, 2.75) is 36.7 Å². The van der Waals surface area contributed by atoms with Crippen molar-refractivity contribution < 1.29 is 22.4 Å². The molecule has 9 heteroatoms. The number of hydrogen-bond acceptors (Lipinski definition) is 8. The minimum Gasteiger partial charge on any atom is -0.497 e. The van der Waals surface area contributed by atoms with Gasteiger partial charge in [0.15, 0.2) is 15.6 Å². The van der Waals surface area contributed by atoms with Crippen LogP contribution in [0.1, 0.15) is 36.0 Å². The summed E-state index contributed by atoms with van der Waals surface area (Å²) in [6, 6.07) is 6.99. The van der Waals surface area contributed by atoms with Crippen molar-refractivity contribution >= 4 is 27.4 Å². The predicted molar refractivity (Wildman–Crippen MR) is 102 cm³/mol. The lowest BCUT2D eigenvalue weighted by molar-refractivity contribution is 0.0987. The van der Waals surface area contributed by atoms with E-state index in [4.69, 9.17) is 9.15 Å². The number of benzene rings is 1. The third-order valence-electron chi connectivity index (χ3n) is 4.52. The van der Waals surface area contributed by atoms with Crippen LogP contribution >= 0.6 is 11.8 Å². The summed E-state index contributed by atoms with van der Waals surface area (Å²) >= 11 is 1.24. The van der Waals surface area contributed by atoms with E-state index in [1.165, 1.54) is 11.8 Å². The van der Waals surface area contributed by atoms with Crippen molar-refractivity contribution in [2.24, 2.45) is 5.92 Å². The van der Waals surface area contributed by atoms with Gasteiger partial charge in [0, 0.05) is 12.0 Å². The molecular weight excluding hydrogens is 388 g/mol. The van der Waals surface area contributed by atoms with Crippen LogP contribution in [-0.2, 0) is 16.3 Å². The third kappa shape index (κ3) is 5.10. The Morgan fingerprint density at radius 1 is 1.33 bits per heavy atom. The second-order valence-electron chi connectivity index (χ2n) is 6.54. The molecule has 0 amide bonds. The molecular formula is C18H22N2O5S2. The van der Waals surface area contributed by atoms with Crippen LogP contribution in [0, 0.1) is 5.92 Å². The van der Waals surface area contributed by atoms with Crippen molar-refractivity contribution in [2.75, 3.05) is 18.6 Å². The molecule has 2 unspecified atom stereocenters. The first kappa shape index (κ1) is 19.9. The van der Waals surface area contributed by atoms with E-state index in [-0.39, 0.29) is 28.5 Å². The molecule has 1 fully saturated rings. The number of sulfone groups is 1. The monoisotopic (exact) mass is 410 g/mol. The van der Waals surface area contributed by atoms with Crippen molar-refractivity contribution in [3.63, 3.8) is 0 Å². The lowest BCUT2D eigenvalue weighted by atomic mass is 10.1. The maximum atomic E-state index is 12.7. The normalized spacial score (nSPS) is 19.7. The number of ketones is 1. The van der Waals surface area contributed by atoms with Crippen LogP contribution in [-0.4, -0.2) is 48.3 Å². The van der Waals surface area contributed by atoms with Gasteiger partial charge < -0.3 is 9.15 Å². The van der Waals surface area contributed by atoms with Gasteiger partial charge in [0.1, 0.15) is 5.75 Å². The van der Waals surface area contributed by atoms with Gasteiger partial charge in [0.2, 0.25) is 5.89 Å². The van der Waals surface area contributed by atoms with Gasteiger partial charge in [-0.15, -0.1) is 10.2 Å². The first-order valence-corrected chi connectivity index (χ1v) is 11.5. The predicted octanol–water partition coefficient (Wildman–Crippen LogP) is 2.81. The van der Waals surface area contributed by atoms with Crippen LogP contribution < -0.4 is 4.74 Å². The van der Waals surface area contributed by atoms with Gasteiger partial charge in [0.05, 0.1) is 23.9 Å². The zero-order valence-electron chi connectivity index (χ0n) is 15.3. The van der Waals surface area contributed by atoms with Crippen molar-refractivity contribution in [3.8, 4) is 5.75 Å². The molecule has 2 atom stereocenters. The van der Waals surface area contributed by atoms with Gasteiger partial charge in [-0.25, -0.2) is 8.42 Å². The molecule has 1 aromatic carbocycles. The number of aromatic nitrogens is 2. The van der Waals surface area contributed by atoms with Crippen LogP contribution in [0.3, 0.4) is 0 Å². The lowest BCUT2D eigenvalue weighted by Gasteiger charge is -2.11. The van der Waals surface area contributed by atoms with Crippen LogP contribution in [0.15, 0.2) is 33.9 Å². The van der Waals surface area contributed by atoms with E-state index in [1.54, 1.807) is 31.4 Å². The molecule has 0 bridgehead atoms. The van der Waals surface area contributed by atoms with E-state index in [0.717, 1.165) is 0 Å². The largest absolute Gasteiger partial charge is 0.497 e. The molecule has 27 heavy (non-hydrogen) atoms. The zero-order chi connectivity index (χ0) is 19.4. The number of Topliss-reactive ketones (excluding diaryl/α,β-unsaturated/α-hetero) is 1. The van der Waals surface area contributed by atoms with E-state index in [1.807, 2.05) is 6.92 Å². The van der Waals surface area contributed by atoms with E-state index < -0.39 is 9.84 Å². The Labute approximate surface area is 162 Å². The summed E-state index contributed by atoms with van der Waals surface area (Å²) in [5.41, 5.74) is 0.603. The Hall–Kier alpha value is -1.87. The van der Waals surface area contributed by atoms with Gasteiger partial charge in [-0.05, 0) is 43.0 Å². The number of carbonyl (C=O) groups excluding carboxylic acids is 1. The number of thioether (sulfide) groups is 1. The Morgan fingerprint density at radius 2 is 2.07 bits per heavy atom. The maximum absolute atomic E-state index is 12.7. The number of carbonyl (C=O) groups is 1. The highest BCUT2D eigenvalue weighted by Gasteiger charge is 2.30. The first-order chi connectivity index (χ1) is 12.9. The Bertz CT molecular complexity index is 893. The van der Waals surface area contributed by atoms with E-state index >= 15 is 0 Å². The van der Waals surface area contributed by atoms with Crippen molar-refractivity contribution in [3.05, 3.63) is 35.7 Å². The highest BCUT2D eigenvalue weighted by atomic mass is 32.2. The summed E-state index contributed by atoms with van der Waals surface area (Å²) < 4.78 is 33.9. The highest BCUT2D eigenvalue weighted by molar-refractivity contribution is 8.00. The topological polar surface area (TPSA) is 99.4 Å². The van der Waals surface area contributed by atoms with E-state index in [0.29, 0.717) is 41.7 Å². The maximum Gasteiger partial charge on any atom is 0.277 e. The third-order valence-corrected chi connectivity index (χ3v) is 7.55. The van der Waals surface area contributed by atoms with Crippen LogP contribution in [0.2, 0.25) is 0 Å². The first-order valence-electron chi connectivity index (χ1n) is 8.78. The van der Waals surface area contributed by atoms with Gasteiger partial charge >= 0.3 is 0 Å². The number of ether oxygens (including phenoxy) is 1. The van der Waals surface area contributed by atoms with Crippen molar-refractivity contribution in [1.82, 2.24) is 10.2 Å². The number of nitrogens with zero attached hydrogens (tertiary/aromatic N) is 2. The molecule has 2 aromatic rings. The Balaban J connectivity index is 1.62. The molecule has 1 saturated heterocycles. The highest BCUT2D eigenvalue weighted by Crippen LogP contribution is 2.29. The molecule has 0 spiro atoms. The number of rotatable bonds is 8. The smallest absolute Gasteiger partial charge is 0.277 e. The number of hydrogen-bond donors (Lipinski definition) is 0. The molecule has 0 N–H and O–H groups in total. The van der Waals surface area contributed by atoms with Crippen LogP contribution in [0.25, 0.3) is 0 Å². The average molecular weight is 411 g/mol. The SMILES string of the molecule is CCC(Sc1nnc(CC2CCS(=O)(=O)C2)o1)C(=O)c1ccc(OC)cc1. The average Bonchev–Trinajstić information content (AvgIpc) is 3.24. The van der Waals surface area contributed by atoms with Crippen molar-refractivity contribution in [1.29, 1.82) is 0 Å². The molecule has 1 aliphatic rings. The summed E-state index contributed by atoms with van der Waals surface area (Å²) in [6.07, 6.45) is 1.70. The van der Waals surface area contributed by atoms with Gasteiger partial charge in [-0.3, -0.25) is 4.79 Å². The molecule has 7 nitrogen and oxygen atoms in total. The van der Waals surface area contributed by atoms with Crippen LogP contribution in [0.4, 0.5) is 0 Å². The van der Waals surface area contributed by atoms with Gasteiger partial charge in [-0.2, -0.15) is 0 Å². The Kier molecular flexibility index (Phi) is 6.21. The summed E-state index contributed by atoms with van der Waals surface area (Å²) in [4.78, 5) is 12.7.